The summed E-state index contributed by atoms with van der Waals surface area (Å²) in [6.07, 6.45) is 8.08. The topological polar surface area (TPSA) is 57.3 Å². The molecular formula is C15H24N4O. The molecule has 1 aliphatic carbocycles. The molecule has 1 aromatic heterocycles. The first-order valence-corrected chi connectivity index (χ1v) is 7.33. The molecule has 0 unspecified atom stereocenters. The number of anilines is 2. The molecule has 0 saturated heterocycles. The van der Waals surface area contributed by atoms with Crippen LogP contribution in [-0.2, 0) is 0 Å². The summed E-state index contributed by atoms with van der Waals surface area (Å²) in [6.45, 7) is 0.773. The molecule has 110 valence electrons. The summed E-state index contributed by atoms with van der Waals surface area (Å²) in [5, 5.41) is 5.77. The second-order valence-electron chi connectivity index (χ2n) is 5.64. The van der Waals surface area contributed by atoms with Crippen molar-refractivity contribution in [3.05, 3.63) is 18.3 Å². The molecule has 2 rings (SSSR count). The molecule has 0 spiro atoms. The number of hydrogen-bond acceptors (Lipinski definition) is 3. The maximum absolute atomic E-state index is 11.8. The van der Waals surface area contributed by atoms with Crippen LogP contribution in [0.1, 0.15) is 32.1 Å². The molecule has 5 heteroatoms. The number of pyridine rings is 1. The predicted molar refractivity (Wildman–Crippen MR) is 82.2 cm³/mol. The van der Waals surface area contributed by atoms with Gasteiger partial charge in [0.25, 0.3) is 0 Å². The van der Waals surface area contributed by atoms with Gasteiger partial charge in [0.2, 0.25) is 0 Å². The van der Waals surface area contributed by atoms with E-state index in [0.717, 1.165) is 18.1 Å². The lowest BCUT2D eigenvalue weighted by atomic mass is 9.89. The second-order valence-corrected chi connectivity index (χ2v) is 5.64. The van der Waals surface area contributed by atoms with Crippen molar-refractivity contribution in [1.29, 1.82) is 0 Å². The summed E-state index contributed by atoms with van der Waals surface area (Å²) in [5.74, 6) is 1.52. The molecule has 1 aliphatic rings. The Morgan fingerprint density at radius 2 is 2.05 bits per heavy atom. The first-order chi connectivity index (χ1) is 9.65. The fourth-order valence-corrected chi connectivity index (χ4v) is 2.53. The van der Waals surface area contributed by atoms with Crippen LogP contribution >= 0.6 is 0 Å². The molecule has 1 heterocycles. The van der Waals surface area contributed by atoms with Crippen molar-refractivity contribution in [2.75, 3.05) is 30.9 Å². The van der Waals surface area contributed by atoms with E-state index in [1.54, 1.807) is 6.20 Å². The predicted octanol–water partition coefficient (Wildman–Crippen LogP) is 2.85. The van der Waals surface area contributed by atoms with Gasteiger partial charge in [0.15, 0.2) is 0 Å². The second kappa shape index (κ2) is 7.12. The zero-order valence-corrected chi connectivity index (χ0v) is 12.4. The van der Waals surface area contributed by atoms with Crippen molar-refractivity contribution in [3.8, 4) is 0 Å². The third-order valence-electron chi connectivity index (χ3n) is 3.74. The summed E-state index contributed by atoms with van der Waals surface area (Å²) < 4.78 is 0. The minimum Gasteiger partial charge on any atom is -0.363 e. The number of carbonyl (C=O) groups excluding carboxylic acids is 1. The Morgan fingerprint density at radius 1 is 1.30 bits per heavy atom. The average molecular weight is 276 g/mol. The van der Waals surface area contributed by atoms with Crippen molar-refractivity contribution in [2.45, 2.75) is 32.1 Å². The van der Waals surface area contributed by atoms with Crippen LogP contribution < -0.4 is 15.5 Å². The number of nitrogens with zero attached hydrogens (tertiary/aromatic N) is 2. The molecule has 0 aromatic carbocycles. The van der Waals surface area contributed by atoms with Gasteiger partial charge in [-0.2, -0.15) is 0 Å². The fourth-order valence-electron chi connectivity index (χ4n) is 2.53. The van der Waals surface area contributed by atoms with E-state index in [4.69, 9.17) is 0 Å². The van der Waals surface area contributed by atoms with Crippen LogP contribution in [0.25, 0.3) is 0 Å². The van der Waals surface area contributed by atoms with E-state index in [9.17, 15) is 4.79 Å². The zero-order chi connectivity index (χ0) is 14.4. The molecule has 1 saturated carbocycles. The van der Waals surface area contributed by atoms with Crippen molar-refractivity contribution in [2.24, 2.45) is 5.92 Å². The maximum Gasteiger partial charge on any atom is 0.319 e. The van der Waals surface area contributed by atoms with Gasteiger partial charge in [-0.15, -0.1) is 0 Å². The van der Waals surface area contributed by atoms with Gasteiger partial charge in [0.05, 0.1) is 11.9 Å². The minimum absolute atomic E-state index is 0.144. The molecule has 0 radical (unpaired) electrons. The highest BCUT2D eigenvalue weighted by Crippen LogP contribution is 2.22. The zero-order valence-electron chi connectivity index (χ0n) is 12.4. The van der Waals surface area contributed by atoms with Crippen molar-refractivity contribution in [1.82, 2.24) is 10.3 Å². The lowest BCUT2D eigenvalue weighted by Crippen LogP contribution is -2.33. The van der Waals surface area contributed by atoms with Crippen LogP contribution in [0.2, 0.25) is 0 Å². The Kier molecular flexibility index (Phi) is 5.21. The lowest BCUT2D eigenvalue weighted by molar-refractivity contribution is 0.247. The minimum atomic E-state index is -0.144. The van der Waals surface area contributed by atoms with Crippen LogP contribution in [0.15, 0.2) is 18.3 Å². The van der Waals surface area contributed by atoms with Crippen LogP contribution in [0, 0.1) is 5.92 Å². The third-order valence-corrected chi connectivity index (χ3v) is 3.74. The van der Waals surface area contributed by atoms with E-state index in [2.05, 4.69) is 15.6 Å². The Bertz CT molecular complexity index is 424. The van der Waals surface area contributed by atoms with Gasteiger partial charge in [-0.05, 0) is 30.9 Å². The first kappa shape index (κ1) is 14.6. The van der Waals surface area contributed by atoms with Crippen LogP contribution in [0.4, 0.5) is 16.3 Å². The summed E-state index contributed by atoms with van der Waals surface area (Å²) in [5.41, 5.74) is 0.719. The summed E-state index contributed by atoms with van der Waals surface area (Å²) in [6, 6.07) is 3.61. The SMILES string of the molecule is CN(C)c1ccc(NC(=O)NCC2CCCCC2)cn1. The fraction of sp³-hybridized carbons (Fsp3) is 0.600. The number of urea groups is 1. The monoisotopic (exact) mass is 276 g/mol. The summed E-state index contributed by atoms with van der Waals surface area (Å²) >= 11 is 0. The van der Waals surface area contributed by atoms with Crippen LogP contribution in [0.5, 0.6) is 0 Å². The molecule has 2 N–H and O–H groups in total. The Hall–Kier alpha value is -1.78. The molecular weight excluding hydrogens is 252 g/mol. The number of amides is 2. The van der Waals surface area contributed by atoms with Gasteiger partial charge < -0.3 is 15.5 Å². The van der Waals surface area contributed by atoms with E-state index in [1.807, 2.05) is 31.1 Å². The molecule has 1 fully saturated rings. The number of rotatable bonds is 4. The smallest absolute Gasteiger partial charge is 0.319 e. The Balaban J connectivity index is 1.75. The first-order valence-electron chi connectivity index (χ1n) is 7.33. The Labute approximate surface area is 120 Å². The Morgan fingerprint density at radius 3 is 2.65 bits per heavy atom. The van der Waals surface area contributed by atoms with E-state index < -0.39 is 0 Å². The van der Waals surface area contributed by atoms with Crippen molar-refractivity contribution < 1.29 is 4.79 Å². The van der Waals surface area contributed by atoms with Gasteiger partial charge in [0.1, 0.15) is 5.82 Å². The average Bonchev–Trinajstić information content (AvgIpc) is 2.47. The molecule has 0 aliphatic heterocycles. The highest BCUT2D eigenvalue weighted by molar-refractivity contribution is 5.89. The molecule has 20 heavy (non-hydrogen) atoms. The quantitative estimate of drug-likeness (QED) is 0.889. The molecule has 5 nitrogen and oxygen atoms in total. The van der Waals surface area contributed by atoms with Gasteiger partial charge in [-0.1, -0.05) is 19.3 Å². The standard InChI is InChI=1S/C15H24N4O/c1-19(2)14-9-8-13(11-16-14)18-15(20)17-10-12-6-4-3-5-7-12/h8-9,11-12H,3-7,10H2,1-2H3,(H2,17,18,20). The largest absolute Gasteiger partial charge is 0.363 e. The van der Waals surface area contributed by atoms with Gasteiger partial charge in [-0.25, -0.2) is 9.78 Å². The van der Waals surface area contributed by atoms with E-state index in [0.29, 0.717) is 5.92 Å². The van der Waals surface area contributed by atoms with Gasteiger partial charge in [0, 0.05) is 20.6 Å². The molecule has 1 aromatic rings. The summed E-state index contributed by atoms with van der Waals surface area (Å²) in [7, 11) is 3.87. The van der Waals surface area contributed by atoms with Gasteiger partial charge >= 0.3 is 6.03 Å². The maximum atomic E-state index is 11.8. The summed E-state index contributed by atoms with van der Waals surface area (Å²) in [4.78, 5) is 18.0. The third kappa shape index (κ3) is 4.40. The number of hydrogen-bond donors (Lipinski definition) is 2. The molecule has 0 atom stereocenters. The van der Waals surface area contributed by atoms with E-state index in [-0.39, 0.29) is 6.03 Å². The van der Waals surface area contributed by atoms with E-state index >= 15 is 0 Å². The molecule has 2 amide bonds. The number of aromatic nitrogens is 1. The van der Waals surface area contributed by atoms with Crippen LogP contribution in [0.3, 0.4) is 0 Å². The van der Waals surface area contributed by atoms with E-state index in [1.165, 1.54) is 32.1 Å². The van der Waals surface area contributed by atoms with Crippen LogP contribution in [-0.4, -0.2) is 31.7 Å². The van der Waals surface area contributed by atoms with Crippen molar-refractivity contribution in [3.63, 3.8) is 0 Å². The normalized spacial score (nSPS) is 15.7. The lowest BCUT2D eigenvalue weighted by Gasteiger charge is -2.21. The van der Waals surface area contributed by atoms with Crippen molar-refractivity contribution >= 4 is 17.5 Å². The van der Waals surface area contributed by atoms with Gasteiger partial charge in [-0.3, -0.25) is 0 Å². The highest BCUT2D eigenvalue weighted by atomic mass is 16.2. The highest BCUT2D eigenvalue weighted by Gasteiger charge is 2.14. The number of carbonyl (C=O) groups is 1. The number of nitrogens with one attached hydrogen (secondary N) is 2. The molecule has 0 bridgehead atoms.